The van der Waals surface area contributed by atoms with Crippen LogP contribution in [0.15, 0.2) is 24.3 Å². The van der Waals surface area contributed by atoms with Crippen molar-refractivity contribution >= 4 is 23.2 Å². The van der Waals surface area contributed by atoms with Crippen LogP contribution in [-0.4, -0.2) is 11.8 Å². The van der Waals surface area contributed by atoms with Crippen molar-refractivity contribution in [2.45, 2.75) is 25.7 Å². The monoisotopic (exact) mass is 206 g/mol. The zero-order valence-corrected chi connectivity index (χ0v) is 8.82. The third kappa shape index (κ3) is 10.1. The Morgan fingerprint density at radius 3 is 1.42 bits per heavy atom. The van der Waals surface area contributed by atoms with Gasteiger partial charge in [0.05, 0.1) is 0 Å². The molecule has 0 bridgehead atoms. The van der Waals surface area contributed by atoms with E-state index in [1.807, 2.05) is 12.2 Å². The Labute approximate surface area is 85.3 Å². The molecular formula is C10H16Cl2. The predicted octanol–water partition coefficient (Wildman–Crippen LogP) is 4.14. The van der Waals surface area contributed by atoms with Crippen LogP contribution in [0.4, 0.5) is 0 Å². The van der Waals surface area contributed by atoms with Gasteiger partial charge in [0.15, 0.2) is 0 Å². The molecule has 70 valence electrons. The highest BCUT2D eigenvalue weighted by Crippen LogP contribution is 2.01. The summed E-state index contributed by atoms with van der Waals surface area (Å²) in [5.74, 6) is 1.26. The van der Waals surface area contributed by atoms with E-state index in [1.54, 1.807) is 0 Å². The van der Waals surface area contributed by atoms with Gasteiger partial charge >= 0.3 is 0 Å². The molecule has 0 aliphatic carbocycles. The molecule has 12 heavy (non-hydrogen) atoms. The Balaban J connectivity index is 3.00. The predicted molar refractivity (Wildman–Crippen MR) is 58.2 cm³/mol. The SMILES string of the molecule is ClCC=CCCCCC=CCCl. The van der Waals surface area contributed by atoms with Crippen molar-refractivity contribution in [2.75, 3.05) is 11.8 Å². The maximum absolute atomic E-state index is 5.47. The van der Waals surface area contributed by atoms with Crippen LogP contribution in [0.3, 0.4) is 0 Å². The van der Waals surface area contributed by atoms with Gasteiger partial charge in [-0.1, -0.05) is 24.3 Å². The van der Waals surface area contributed by atoms with E-state index in [-0.39, 0.29) is 0 Å². The van der Waals surface area contributed by atoms with Gasteiger partial charge in [-0.25, -0.2) is 0 Å². The van der Waals surface area contributed by atoms with E-state index >= 15 is 0 Å². The van der Waals surface area contributed by atoms with E-state index in [9.17, 15) is 0 Å². The van der Waals surface area contributed by atoms with Crippen LogP contribution in [-0.2, 0) is 0 Å². The molecule has 0 N–H and O–H groups in total. The molecule has 0 saturated carbocycles. The van der Waals surface area contributed by atoms with Gasteiger partial charge in [0.2, 0.25) is 0 Å². The van der Waals surface area contributed by atoms with Gasteiger partial charge in [-0.15, -0.1) is 23.2 Å². The molecule has 0 rings (SSSR count). The van der Waals surface area contributed by atoms with Crippen molar-refractivity contribution in [1.82, 2.24) is 0 Å². The molecule has 0 heterocycles. The summed E-state index contributed by atoms with van der Waals surface area (Å²) < 4.78 is 0. The van der Waals surface area contributed by atoms with Crippen molar-refractivity contribution < 1.29 is 0 Å². The van der Waals surface area contributed by atoms with Gasteiger partial charge in [-0.2, -0.15) is 0 Å². The molecule has 0 aromatic rings. The average molecular weight is 207 g/mol. The molecule has 2 heteroatoms. The molecule has 0 nitrogen and oxygen atoms in total. The highest BCUT2D eigenvalue weighted by molar-refractivity contribution is 6.19. The van der Waals surface area contributed by atoms with Crippen LogP contribution < -0.4 is 0 Å². The van der Waals surface area contributed by atoms with Crippen LogP contribution in [0.1, 0.15) is 25.7 Å². The first-order chi connectivity index (χ1) is 5.91. The van der Waals surface area contributed by atoms with Crippen molar-refractivity contribution in [3.05, 3.63) is 24.3 Å². The lowest BCUT2D eigenvalue weighted by Gasteiger charge is -1.91. The molecule has 0 fully saturated rings. The Morgan fingerprint density at radius 1 is 0.667 bits per heavy atom. The number of rotatable bonds is 7. The molecule has 0 aromatic heterocycles. The Morgan fingerprint density at radius 2 is 1.08 bits per heavy atom. The average Bonchev–Trinajstić information content (AvgIpc) is 2.10. The summed E-state index contributed by atoms with van der Waals surface area (Å²) in [6.07, 6.45) is 13.0. The van der Waals surface area contributed by atoms with E-state index in [0.717, 1.165) is 12.8 Å². The second-order valence-corrected chi connectivity index (χ2v) is 3.15. The fourth-order valence-corrected chi connectivity index (χ4v) is 1.14. The third-order valence-corrected chi connectivity index (χ3v) is 1.86. The van der Waals surface area contributed by atoms with E-state index in [4.69, 9.17) is 23.2 Å². The smallest absolute Gasteiger partial charge is 0.0404 e. The van der Waals surface area contributed by atoms with Crippen molar-refractivity contribution in [1.29, 1.82) is 0 Å². The molecular weight excluding hydrogens is 191 g/mol. The molecule has 0 amide bonds. The highest BCUT2D eigenvalue weighted by atomic mass is 35.5. The van der Waals surface area contributed by atoms with Crippen LogP contribution in [0, 0.1) is 0 Å². The molecule has 0 aliphatic rings. The quantitative estimate of drug-likeness (QED) is 0.334. The lowest BCUT2D eigenvalue weighted by molar-refractivity contribution is 0.761. The largest absolute Gasteiger partial charge is 0.122 e. The number of alkyl halides is 2. The van der Waals surface area contributed by atoms with Crippen molar-refractivity contribution in [3.63, 3.8) is 0 Å². The second-order valence-electron chi connectivity index (χ2n) is 2.54. The van der Waals surface area contributed by atoms with Crippen LogP contribution in [0.2, 0.25) is 0 Å². The number of halogens is 2. The third-order valence-electron chi connectivity index (χ3n) is 1.50. The van der Waals surface area contributed by atoms with Crippen LogP contribution in [0.25, 0.3) is 0 Å². The molecule has 0 saturated heterocycles. The minimum absolute atomic E-state index is 0.631. The summed E-state index contributed by atoms with van der Waals surface area (Å²) in [6, 6.07) is 0. The first-order valence-corrected chi connectivity index (χ1v) is 5.40. The molecule has 0 radical (unpaired) electrons. The topological polar surface area (TPSA) is 0 Å². The number of allylic oxidation sites excluding steroid dienone is 4. The zero-order valence-electron chi connectivity index (χ0n) is 7.31. The minimum atomic E-state index is 0.631. The van der Waals surface area contributed by atoms with Gasteiger partial charge in [0.1, 0.15) is 0 Å². The van der Waals surface area contributed by atoms with E-state index < -0.39 is 0 Å². The number of unbranched alkanes of at least 4 members (excludes halogenated alkanes) is 3. The van der Waals surface area contributed by atoms with Gasteiger partial charge in [-0.05, 0) is 25.7 Å². The van der Waals surface area contributed by atoms with Crippen LogP contribution in [0.5, 0.6) is 0 Å². The lowest BCUT2D eigenvalue weighted by Crippen LogP contribution is -1.73. The normalized spacial score (nSPS) is 11.8. The maximum atomic E-state index is 5.47. The molecule has 0 aliphatic heterocycles. The van der Waals surface area contributed by atoms with Crippen molar-refractivity contribution in [2.24, 2.45) is 0 Å². The summed E-state index contributed by atoms with van der Waals surface area (Å²) >= 11 is 10.9. The summed E-state index contributed by atoms with van der Waals surface area (Å²) in [6.45, 7) is 0. The number of hydrogen-bond donors (Lipinski definition) is 0. The fourth-order valence-electron chi connectivity index (χ4n) is 0.886. The summed E-state index contributed by atoms with van der Waals surface area (Å²) in [7, 11) is 0. The first kappa shape index (κ1) is 12.1. The Bertz CT molecular complexity index is 112. The molecule has 0 atom stereocenters. The molecule has 0 spiro atoms. The summed E-state index contributed by atoms with van der Waals surface area (Å²) in [5.41, 5.74) is 0. The summed E-state index contributed by atoms with van der Waals surface area (Å²) in [4.78, 5) is 0. The fraction of sp³-hybridized carbons (Fsp3) is 0.600. The van der Waals surface area contributed by atoms with E-state index in [2.05, 4.69) is 12.2 Å². The molecule has 0 unspecified atom stereocenters. The Hall–Kier alpha value is 0.0600. The van der Waals surface area contributed by atoms with Crippen LogP contribution >= 0.6 is 23.2 Å². The second kappa shape index (κ2) is 11.1. The first-order valence-electron chi connectivity index (χ1n) is 4.33. The highest BCUT2D eigenvalue weighted by Gasteiger charge is 1.82. The van der Waals surface area contributed by atoms with Gasteiger partial charge < -0.3 is 0 Å². The van der Waals surface area contributed by atoms with Gasteiger partial charge in [-0.3, -0.25) is 0 Å². The van der Waals surface area contributed by atoms with E-state index in [0.29, 0.717) is 11.8 Å². The lowest BCUT2D eigenvalue weighted by atomic mass is 10.2. The Kier molecular flexibility index (Phi) is 11.1. The van der Waals surface area contributed by atoms with Gasteiger partial charge in [0, 0.05) is 11.8 Å². The van der Waals surface area contributed by atoms with Crippen molar-refractivity contribution in [3.8, 4) is 0 Å². The van der Waals surface area contributed by atoms with E-state index in [1.165, 1.54) is 12.8 Å². The number of hydrogen-bond acceptors (Lipinski definition) is 0. The minimum Gasteiger partial charge on any atom is -0.122 e. The standard InChI is InChI=1S/C10H16Cl2/c11-9-7-5-3-1-2-4-6-8-10-12/h5-8H,1-4,9-10H2. The molecule has 0 aromatic carbocycles. The van der Waals surface area contributed by atoms with Gasteiger partial charge in [0.25, 0.3) is 0 Å². The zero-order chi connectivity index (χ0) is 9.07. The summed E-state index contributed by atoms with van der Waals surface area (Å²) in [5, 5.41) is 0. The maximum Gasteiger partial charge on any atom is 0.0404 e.